The molecule has 0 amide bonds. The summed E-state index contributed by atoms with van der Waals surface area (Å²) in [5.41, 5.74) is 5.31. The van der Waals surface area contributed by atoms with Crippen LogP contribution in [0, 0.1) is 0 Å². The summed E-state index contributed by atoms with van der Waals surface area (Å²) in [6.45, 7) is 3.81. The Morgan fingerprint density at radius 2 is 2.21 bits per heavy atom. The summed E-state index contributed by atoms with van der Waals surface area (Å²) in [7, 11) is 0. The number of carbonyl (C=O) groups excluding carboxylic acids is 1. The van der Waals surface area contributed by atoms with E-state index in [4.69, 9.17) is 0 Å². The number of Topliss-reactive ketones (excluding diaryl/α,β-unsaturated/α-hetero) is 1. The SMILES string of the molecule is CCc1ccc2c(c1)-c1sc(CC(C)=O)nc1CC2. The molecular weight excluding hydrogens is 254 g/mol. The van der Waals surface area contributed by atoms with E-state index in [9.17, 15) is 4.79 Å². The highest BCUT2D eigenvalue weighted by Gasteiger charge is 2.21. The molecule has 98 valence electrons. The van der Waals surface area contributed by atoms with Crippen molar-refractivity contribution in [2.75, 3.05) is 0 Å². The van der Waals surface area contributed by atoms with Gasteiger partial charge >= 0.3 is 0 Å². The lowest BCUT2D eigenvalue weighted by Gasteiger charge is -2.15. The van der Waals surface area contributed by atoms with Crippen LogP contribution in [0.4, 0.5) is 0 Å². The van der Waals surface area contributed by atoms with Gasteiger partial charge in [0.2, 0.25) is 0 Å². The zero-order chi connectivity index (χ0) is 13.4. The topological polar surface area (TPSA) is 30.0 Å². The summed E-state index contributed by atoms with van der Waals surface area (Å²) >= 11 is 1.69. The van der Waals surface area contributed by atoms with Gasteiger partial charge in [0.25, 0.3) is 0 Å². The van der Waals surface area contributed by atoms with E-state index in [1.807, 2.05) is 0 Å². The van der Waals surface area contributed by atoms with Crippen molar-refractivity contribution in [2.45, 2.75) is 39.5 Å². The standard InChI is InChI=1S/C16H17NOS/c1-3-11-4-5-12-6-7-14-16(13(12)9-11)19-15(17-14)8-10(2)18/h4-5,9H,3,6-8H2,1-2H3. The second-order valence-corrected chi connectivity index (χ2v) is 6.19. The number of aryl methyl sites for hydroxylation is 3. The highest BCUT2D eigenvalue weighted by Crippen LogP contribution is 2.38. The summed E-state index contributed by atoms with van der Waals surface area (Å²) in [5, 5.41) is 0.965. The van der Waals surface area contributed by atoms with Gasteiger partial charge in [-0.05, 0) is 42.9 Å². The number of carbonyl (C=O) groups is 1. The summed E-state index contributed by atoms with van der Waals surface area (Å²) < 4.78 is 0. The molecule has 0 bridgehead atoms. The van der Waals surface area contributed by atoms with E-state index < -0.39 is 0 Å². The van der Waals surface area contributed by atoms with Crippen LogP contribution in [0.1, 0.15) is 35.7 Å². The van der Waals surface area contributed by atoms with Gasteiger partial charge in [0.05, 0.1) is 17.0 Å². The zero-order valence-corrected chi connectivity index (χ0v) is 12.1. The third-order valence-electron chi connectivity index (χ3n) is 3.60. The van der Waals surface area contributed by atoms with Crippen LogP contribution in [0.5, 0.6) is 0 Å². The van der Waals surface area contributed by atoms with Crippen molar-refractivity contribution in [1.29, 1.82) is 0 Å². The first-order valence-electron chi connectivity index (χ1n) is 6.77. The predicted octanol–water partition coefficient (Wildman–Crippen LogP) is 3.60. The number of hydrogen-bond donors (Lipinski definition) is 0. The molecule has 1 aromatic carbocycles. The second kappa shape index (κ2) is 4.89. The van der Waals surface area contributed by atoms with Crippen molar-refractivity contribution < 1.29 is 4.79 Å². The fraction of sp³-hybridized carbons (Fsp3) is 0.375. The van der Waals surface area contributed by atoms with E-state index in [2.05, 4.69) is 30.1 Å². The Kier molecular flexibility index (Phi) is 3.23. The molecule has 1 aliphatic rings. The number of hydrogen-bond acceptors (Lipinski definition) is 3. The Morgan fingerprint density at radius 3 is 2.95 bits per heavy atom. The van der Waals surface area contributed by atoms with Crippen LogP contribution in [0.2, 0.25) is 0 Å². The molecule has 0 N–H and O–H groups in total. The lowest BCUT2D eigenvalue weighted by atomic mass is 9.92. The maximum absolute atomic E-state index is 11.2. The van der Waals surface area contributed by atoms with Crippen molar-refractivity contribution in [3.63, 3.8) is 0 Å². The lowest BCUT2D eigenvalue weighted by molar-refractivity contribution is -0.116. The first kappa shape index (κ1) is 12.5. The van der Waals surface area contributed by atoms with Gasteiger partial charge in [-0.2, -0.15) is 0 Å². The maximum atomic E-state index is 11.2. The summed E-state index contributed by atoms with van der Waals surface area (Å²) in [6.07, 6.45) is 3.60. The van der Waals surface area contributed by atoms with E-state index in [1.54, 1.807) is 18.3 Å². The Labute approximate surface area is 117 Å². The third-order valence-corrected chi connectivity index (χ3v) is 4.73. The monoisotopic (exact) mass is 271 g/mol. The Balaban J connectivity index is 2.06. The Hall–Kier alpha value is -1.48. The van der Waals surface area contributed by atoms with Gasteiger partial charge in [0, 0.05) is 0 Å². The average Bonchev–Trinajstić information content (AvgIpc) is 2.80. The average molecular weight is 271 g/mol. The molecule has 0 aliphatic heterocycles. The molecule has 0 atom stereocenters. The van der Waals surface area contributed by atoms with Crippen LogP contribution >= 0.6 is 11.3 Å². The van der Waals surface area contributed by atoms with Gasteiger partial charge in [0.1, 0.15) is 10.8 Å². The van der Waals surface area contributed by atoms with Gasteiger partial charge in [-0.1, -0.05) is 25.1 Å². The maximum Gasteiger partial charge on any atom is 0.136 e. The summed E-state index contributed by atoms with van der Waals surface area (Å²) in [6, 6.07) is 6.77. The lowest BCUT2D eigenvalue weighted by Crippen LogP contribution is -2.03. The molecule has 0 unspecified atom stereocenters. The van der Waals surface area contributed by atoms with Gasteiger partial charge in [-0.15, -0.1) is 11.3 Å². The highest BCUT2D eigenvalue weighted by atomic mass is 32.1. The normalized spacial score (nSPS) is 12.9. The van der Waals surface area contributed by atoms with Crippen LogP contribution in [-0.4, -0.2) is 10.8 Å². The minimum Gasteiger partial charge on any atom is -0.300 e. The fourth-order valence-electron chi connectivity index (χ4n) is 2.60. The highest BCUT2D eigenvalue weighted by molar-refractivity contribution is 7.15. The van der Waals surface area contributed by atoms with Gasteiger partial charge in [-0.25, -0.2) is 4.98 Å². The summed E-state index contributed by atoms with van der Waals surface area (Å²) in [4.78, 5) is 17.2. The molecule has 1 aliphatic carbocycles. The molecule has 0 saturated heterocycles. The predicted molar refractivity (Wildman–Crippen MR) is 78.7 cm³/mol. The number of aromatic nitrogens is 1. The first-order valence-corrected chi connectivity index (χ1v) is 7.59. The molecule has 0 saturated carbocycles. The molecule has 1 heterocycles. The van der Waals surface area contributed by atoms with E-state index in [0.717, 1.165) is 24.3 Å². The molecule has 2 nitrogen and oxygen atoms in total. The van der Waals surface area contributed by atoms with Gasteiger partial charge in [-0.3, -0.25) is 4.79 Å². The van der Waals surface area contributed by atoms with Crippen molar-refractivity contribution in [3.8, 4) is 10.4 Å². The van der Waals surface area contributed by atoms with Crippen molar-refractivity contribution in [2.24, 2.45) is 0 Å². The van der Waals surface area contributed by atoms with Crippen molar-refractivity contribution in [3.05, 3.63) is 40.0 Å². The van der Waals surface area contributed by atoms with Crippen LogP contribution < -0.4 is 0 Å². The number of benzene rings is 1. The molecule has 2 aromatic rings. The van der Waals surface area contributed by atoms with E-state index in [1.165, 1.54) is 27.3 Å². The minimum atomic E-state index is 0.189. The molecule has 3 rings (SSSR count). The quantitative estimate of drug-likeness (QED) is 0.853. The minimum absolute atomic E-state index is 0.189. The zero-order valence-electron chi connectivity index (χ0n) is 11.3. The van der Waals surface area contributed by atoms with Crippen molar-refractivity contribution in [1.82, 2.24) is 4.98 Å². The van der Waals surface area contributed by atoms with Crippen LogP contribution in [-0.2, 0) is 30.5 Å². The van der Waals surface area contributed by atoms with Crippen LogP contribution in [0.25, 0.3) is 10.4 Å². The van der Waals surface area contributed by atoms with E-state index in [0.29, 0.717) is 6.42 Å². The van der Waals surface area contributed by atoms with Crippen LogP contribution in [0.3, 0.4) is 0 Å². The molecule has 0 fully saturated rings. The molecule has 19 heavy (non-hydrogen) atoms. The number of thiazole rings is 1. The van der Waals surface area contributed by atoms with E-state index in [-0.39, 0.29) is 5.78 Å². The summed E-state index contributed by atoms with van der Waals surface area (Å²) in [5.74, 6) is 0.189. The molecule has 0 radical (unpaired) electrons. The smallest absolute Gasteiger partial charge is 0.136 e. The Morgan fingerprint density at radius 1 is 1.37 bits per heavy atom. The fourth-order valence-corrected chi connectivity index (χ4v) is 3.83. The molecular formula is C16H17NOS. The van der Waals surface area contributed by atoms with E-state index >= 15 is 0 Å². The first-order chi connectivity index (χ1) is 9.17. The molecule has 0 spiro atoms. The number of ketones is 1. The molecule has 3 heteroatoms. The number of rotatable bonds is 3. The van der Waals surface area contributed by atoms with Gasteiger partial charge in [0.15, 0.2) is 0 Å². The van der Waals surface area contributed by atoms with Gasteiger partial charge < -0.3 is 0 Å². The largest absolute Gasteiger partial charge is 0.300 e. The molecule has 1 aromatic heterocycles. The van der Waals surface area contributed by atoms with Crippen molar-refractivity contribution >= 4 is 17.1 Å². The second-order valence-electron chi connectivity index (χ2n) is 5.11. The Bertz CT molecular complexity index is 642. The number of nitrogens with zero attached hydrogens (tertiary/aromatic N) is 1. The van der Waals surface area contributed by atoms with Crippen LogP contribution in [0.15, 0.2) is 18.2 Å². The third kappa shape index (κ3) is 2.35. The number of fused-ring (bicyclic) bond motifs is 3.